The Morgan fingerprint density at radius 3 is 2.55 bits per heavy atom. The van der Waals surface area contributed by atoms with Gasteiger partial charge in [0.05, 0.1) is 5.75 Å². The lowest BCUT2D eigenvalue weighted by atomic mass is 9.94. The number of H-pyrrole nitrogens is 1. The topological polar surface area (TPSA) is 88.1 Å². The molecule has 3 aromatic rings. The van der Waals surface area contributed by atoms with Gasteiger partial charge in [0.25, 0.3) is 0 Å². The molecular formula is C19H21FN4O3S2. The van der Waals surface area contributed by atoms with E-state index in [0.29, 0.717) is 43.7 Å². The van der Waals surface area contributed by atoms with Gasteiger partial charge in [-0.25, -0.2) is 31.6 Å². The molecule has 2 aromatic heterocycles. The van der Waals surface area contributed by atoms with Crippen LogP contribution in [-0.4, -0.2) is 40.6 Å². The highest BCUT2D eigenvalue weighted by atomic mass is 32.2. The predicted molar refractivity (Wildman–Crippen MR) is 109 cm³/mol. The van der Waals surface area contributed by atoms with Gasteiger partial charge >= 0.3 is 5.69 Å². The molecule has 0 aliphatic carbocycles. The number of aromatic nitrogens is 3. The molecule has 0 saturated carbocycles. The highest BCUT2D eigenvalue weighted by Gasteiger charge is 2.29. The fourth-order valence-corrected chi connectivity index (χ4v) is 5.93. The lowest BCUT2D eigenvalue weighted by Crippen LogP contribution is -2.39. The maximum atomic E-state index is 13.0. The molecule has 1 aliphatic rings. The maximum absolute atomic E-state index is 13.0. The molecule has 0 atom stereocenters. The first-order valence-electron chi connectivity index (χ1n) is 9.35. The Balaban J connectivity index is 1.39. The predicted octanol–water partition coefficient (Wildman–Crippen LogP) is 2.55. The third-order valence-corrected chi connectivity index (χ3v) is 7.87. The maximum Gasteiger partial charge on any atom is 0.348 e. The minimum Gasteiger partial charge on any atom is -0.246 e. The number of thiophene rings is 1. The van der Waals surface area contributed by atoms with Gasteiger partial charge in [-0.15, -0.1) is 11.3 Å². The first kappa shape index (κ1) is 20.0. The van der Waals surface area contributed by atoms with Crippen molar-refractivity contribution in [3.8, 4) is 5.00 Å². The van der Waals surface area contributed by atoms with E-state index in [4.69, 9.17) is 0 Å². The quantitative estimate of drug-likeness (QED) is 0.643. The highest BCUT2D eigenvalue weighted by Crippen LogP contribution is 2.25. The summed E-state index contributed by atoms with van der Waals surface area (Å²) in [5, 5.41) is 9.40. The Morgan fingerprint density at radius 2 is 1.90 bits per heavy atom. The van der Waals surface area contributed by atoms with Crippen molar-refractivity contribution in [2.75, 3.05) is 13.1 Å². The second-order valence-corrected chi connectivity index (χ2v) is 10.1. The van der Waals surface area contributed by atoms with Gasteiger partial charge in [-0.1, -0.05) is 12.1 Å². The zero-order chi connectivity index (χ0) is 20.4. The van der Waals surface area contributed by atoms with Crippen LogP contribution in [0.25, 0.3) is 5.00 Å². The third-order valence-electron chi connectivity index (χ3n) is 5.17. The molecule has 1 fully saturated rings. The van der Waals surface area contributed by atoms with E-state index in [-0.39, 0.29) is 23.2 Å². The summed E-state index contributed by atoms with van der Waals surface area (Å²) in [4.78, 5) is 12.1. The molecule has 4 rings (SSSR count). The molecule has 1 N–H and O–H groups in total. The van der Waals surface area contributed by atoms with Crippen molar-refractivity contribution in [1.82, 2.24) is 19.1 Å². The third kappa shape index (κ3) is 4.49. The van der Waals surface area contributed by atoms with Crippen molar-refractivity contribution in [3.05, 3.63) is 69.5 Å². The molecule has 10 heteroatoms. The summed E-state index contributed by atoms with van der Waals surface area (Å²) in [5.74, 6) is 0.410. The Morgan fingerprint density at radius 1 is 1.17 bits per heavy atom. The van der Waals surface area contributed by atoms with Crippen molar-refractivity contribution >= 4 is 21.4 Å². The van der Waals surface area contributed by atoms with Crippen LogP contribution in [0.5, 0.6) is 0 Å². The van der Waals surface area contributed by atoms with E-state index in [9.17, 15) is 17.6 Å². The van der Waals surface area contributed by atoms with E-state index in [2.05, 4.69) is 10.2 Å². The van der Waals surface area contributed by atoms with Gasteiger partial charge in [-0.2, -0.15) is 5.10 Å². The van der Waals surface area contributed by atoms with Gasteiger partial charge in [-0.05, 0) is 54.0 Å². The van der Waals surface area contributed by atoms with Gasteiger partial charge in [-0.3, -0.25) is 0 Å². The van der Waals surface area contributed by atoms with E-state index < -0.39 is 10.0 Å². The molecule has 1 aliphatic heterocycles. The van der Waals surface area contributed by atoms with Crippen LogP contribution in [0.2, 0.25) is 0 Å². The molecule has 3 heterocycles. The Kier molecular flexibility index (Phi) is 5.66. The first-order chi connectivity index (χ1) is 13.9. The molecule has 29 heavy (non-hydrogen) atoms. The van der Waals surface area contributed by atoms with Crippen LogP contribution in [0.1, 0.15) is 24.2 Å². The van der Waals surface area contributed by atoms with Crippen LogP contribution >= 0.6 is 11.3 Å². The lowest BCUT2D eigenvalue weighted by molar-refractivity contribution is 0.269. The average molecular weight is 437 g/mol. The van der Waals surface area contributed by atoms with Crippen LogP contribution < -0.4 is 5.69 Å². The van der Waals surface area contributed by atoms with Crippen LogP contribution in [0.3, 0.4) is 0 Å². The molecule has 154 valence electrons. The minimum atomic E-state index is -3.45. The fraction of sp³-hybridized carbons (Fsp3) is 0.368. The summed E-state index contributed by atoms with van der Waals surface area (Å²) >= 11 is 1.47. The molecule has 0 bridgehead atoms. The smallest absolute Gasteiger partial charge is 0.246 e. The van der Waals surface area contributed by atoms with Crippen molar-refractivity contribution < 1.29 is 12.8 Å². The second kappa shape index (κ2) is 8.21. The summed E-state index contributed by atoms with van der Waals surface area (Å²) in [6, 6.07) is 9.30. The molecule has 1 aromatic carbocycles. The van der Waals surface area contributed by atoms with E-state index in [0.717, 1.165) is 5.00 Å². The highest BCUT2D eigenvalue weighted by molar-refractivity contribution is 7.88. The molecule has 0 spiro atoms. The summed E-state index contributed by atoms with van der Waals surface area (Å²) in [6.45, 7) is 0.865. The van der Waals surface area contributed by atoms with E-state index >= 15 is 0 Å². The molecule has 0 amide bonds. The van der Waals surface area contributed by atoms with Crippen LogP contribution in [0, 0.1) is 11.7 Å². The Bertz CT molecular complexity index is 1110. The van der Waals surface area contributed by atoms with Crippen molar-refractivity contribution in [3.63, 3.8) is 0 Å². The van der Waals surface area contributed by atoms with Crippen LogP contribution in [0.15, 0.2) is 46.6 Å². The number of hydrogen-bond acceptors (Lipinski definition) is 5. The van der Waals surface area contributed by atoms with E-state index in [1.165, 1.54) is 39.9 Å². The van der Waals surface area contributed by atoms with Crippen LogP contribution in [-0.2, 0) is 22.2 Å². The molecule has 0 radical (unpaired) electrons. The summed E-state index contributed by atoms with van der Waals surface area (Å²) in [7, 11) is -3.45. The number of nitrogens with zero attached hydrogens (tertiary/aromatic N) is 3. The van der Waals surface area contributed by atoms with Gasteiger partial charge in [0, 0.05) is 19.5 Å². The summed E-state index contributed by atoms with van der Waals surface area (Å²) in [6.07, 6.45) is 2.02. The first-order valence-corrected chi connectivity index (χ1v) is 11.8. The van der Waals surface area contributed by atoms with Crippen molar-refractivity contribution in [1.29, 1.82) is 0 Å². The number of hydrogen-bond donors (Lipinski definition) is 1. The molecule has 1 saturated heterocycles. The zero-order valence-electron chi connectivity index (χ0n) is 15.6. The number of aromatic amines is 1. The molecular weight excluding hydrogens is 415 g/mol. The van der Waals surface area contributed by atoms with E-state index in [1.807, 2.05) is 17.5 Å². The van der Waals surface area contributed by atoms with Gasteiger partial charge in [0.1, 0.15) is 16.6 Å². The second-order valence-electron chi connectivity index (χ2n) is 7.16. The minimum absolute atomic E-state index is 0.130. The van der Waals surface area contributed by atoms with Crippen molar-refractivity contribution in [2.24, 2.45) is 5.92 Å². The number of sulfonamides is 1. The number of nitrogens with one attached hydrogen (secondary N) is 1. The average Bonchev–Trinajstić information content (AvgIpc) is 3.34. The SMILES string of the molecule is O=c1[nH]nc(CC2CCN(S(=O)(=O)Cc3ccc(F)cc3)CC2)n1-c1cccs1. The largest absolute Gasteiger partial charge is 0.348 e. The Hall–Kier alpha value is -2.30. The number of benzene rings is 1. The molecule has 7 nitrogen and oxygen atoms in total. The van der Waals surface area contributed by atoms with Crippen LogP contribution in [0.4, 0.5) is 4.39 Å². The summed E-state index contributed by atoms with van der Waals surface area (Å²) < 4.78 is 41.5. The Labute approximate surface area is 171 Å². The summed E-state index contributed by atoms with van der Waals surface area (Å²) in [5.41, 5.74) is 0.312. The van der Waals surface area contributed by atoms with Gasteiger partial charge in [0.15, 0.2) is 0 Å². The molecule has 0 unspecified atom stereocenters. The van der Waals surface area contributed by atoms with Gasteiger partial charge < -0.3 is 0 Å². The fourth-order valence-electron chi connectivity index (χ4n) is 3.62. The number of halogens is 1. The monoisotopic (exact) mass is 436 g/mol. The zero-order valence-corrected chi connectivity index (χ0v) is 17.3. The standard InChI is InChI=1S/C19H21FN4O3S2/c20-16-5-3-15(4-6-16)13-29(26,27)23-9-7-14(8-10-23)12-17-21-22-19(25)24(17)18-2-1-11-28-18/h1-6,11,14H,7-10,12-13H2,(H,22,25). The lowest BCUT2D eigenvalue weighted by Gasteiger charge is -2.31. The van der Waals surface area contributed by atoms with E-state index in [1.54, 1.807) is 4.57 Å². The number of piperidine rings is 1. The number of rotatable bonds is 6. The van der Waals surface area contributed by atoms with Crippen molar-refractivity contribution in [2.45, 2.75) is 25.0 Å². The van der Waals surface area contributed by atoms with Gasteiger partial charge in [0.2, 0.25) is 10.0 Å². The normalized spacial score (nSPS) is 16.3.